The lowest BCUT2D eigenvalue weighted by Gasteiger charge is -2.42. The lowest BCUT2D eigenvalue weighted by molar-refractivity contribution is 0.0340. The van der Waals surface area contributed by atoms with Crippen LogP contribution in [0.1, 0.15) is 55.4 Å². The highest BCUT2D eigenvalue weighted by molar-refractivity contribution is 7.89. The number of hydrogen-bond donors (Lipinski definition) is 2. The summed E-state index contributed by atoms with van der Waals surface area (Å²) >= 11 is 0. The van der Waals surface area contributed by atoms with Crippen molar-refractivity contribution in [1.29, 1.82) is 0 Å². The predicted molar refractivity (Wildman–Crippen MR) is 149 cm³/mol. The van der Waals surface area contributed by atoms with Crippen LogP contribution in [0.4, 0.5) is 4.79 Å². The van der Waals surface area contributed by atoms with Crippen molar-refractivity contribution in [3.8, 4) is 5.75 Å². The molecule has 0 fully saturated rings. The first-order chi connectivity index (χ1) is 16.7. The fourth-order valence-corrected chi connectivity index (χ4v) is 6.26. The number of methoxy groups -OCH3 is 1. The van der Waals surface area contributed by atoms with Gasteiger partial charge in [-0.1, -0.05) is 34.6 Å². The molecule has 9 nitrogen and oxygen atoms in total. The maximum Gasteiger partial charge on any atom is 0.408 e. The van der Waals surface area contributed by atoms with Gasteiger partial charge in [-0.2, -0.15) is 4.31 Å². The predicted octanol–water partition coefficient (Wildman–Crippen LogP) is 4.62. The summed E-state index contributed by atoms with van der Waals surface area (Å²) in [4.78, 5) is 12.7. The van der Waals surface area contributed by atoms with Crippen LogP contribution in [0, 0.1) is 5.92 Å². The molecule has 0 aromatic heterocycles. The summed E-state index contributed by atoms with van der Waals surface area (Å²) in [6, 6.07) is 5.33. The molecule has 11 heteroatoms. The van der Waals surface area contributed by atoms with Crippen molar-refractivity contribution in [2.75, 3.05) is 26.8 Å². The lowest BCUT2D eigenvalue weighted by atomic mass is 10.1. The van der Waals surface area contributed by atoms with Gasteiger partial charge in [0.25, 0.3) is 0 Å². The van der Waals surface area contributed by atoms with Crippen LogP contribution in [-0.2, 0) is 19.2 Å². The topological polar surface area (TPSA) is 114 Å². The van der Waals surface area contributed by atoms with E-state index in [1.54, 1.807) is 32.9 Å². The van der Waals surface area contributed by atoms with Gasteiger partial charge in [0.2, 0.25) is 10.0 Å². The molecule has 2 N–H and O–H groups in total. The summed E-state index contributed by atoms with van der Waals surface area (Å²) in [5.41, 5.74) is -0.735. The fraction of sp³-hybridized carbons (Fsp3) is 0.731. The van der Waals surface area contributed by atoms with Gasteiger partial charge >= 0.3 is 6.09 Å². The number of alkyl carbamates (subject to hydrolysis) is 1. The number of benzene rings is 1. The second-order valence-corrected chi connectivity index (χ2v) is 18.9. The molecule has 0 saturated carbocycles. The molecule has 0 unspecified atom stereocenters. The van der Waals surface area contributed by atoms with E-state index in [1.807, 2.05) is 26.9 Å². The number of nitrogens with one attached hydrogen (secondary N) is 1. The van der Waals surface area contributed by atoms with Gasteiger partial charge in [-0.25, -0.2) is 13.2 Å². The molecule has 0 aliphatic heterocycles. The molecule has 1 amide bonds. The summed E-state index contributed by atoms with van der Waals surface area (Å²) in [6.45, 7) is 19.2. The first-order valence-corrected chi connectivity index (χ1v) is 17.0. The van der Waals surface area contributed by atoms with Crippen LogP contribution in [0.2, 0.25) is 18.1 Å². The number of ether oxygens (including phenoxy) is 2. The third-order valence-electron chi connectivity index (χ3n) is 6.25. The summed E-state index contributed by atoms with van der Waals surface area (Å²) in [5, 5.41) is 12.8. The average Bonchev–Trinajstić information content (AvgIpc) is 2.74. The molecule has 0 saturated heterocycles. The summed E-state index contributed by atoms with van der Waals surface area (Å²) in [5.74, 6) is 0.573. The number of amides is 1. The Bertz CT molecular complexity index is 968. The number of aliphatic hydroxyl groups excluding tert-OH is 1. The lowest BCUT2D eigenvalue weighted by Crippen LogP contribution is -2.57. The van der Waals surface area contributed by atoms with Crippen LogP contribution in [0.15, 0.2) is 29.2 Å². The highest BCUT2D eigenvalue weighted by Crippen LogP contribution is 2.38. The summed E-state index contributed by atoms with van der Waals surface area (Å²) in [7, 11) is -4.84. The minimum Gasteiger partial charge on any atom is -0.497 e. The number of aliphatic hydroxyl groups is 1. The second-order valence-electron chi connectivity index (χ2n) is 12.2. The van der Waals surface area contributed by atoms with Gasteiger partial charge in [0.1, 0.15) is 11.4 Å². The minimum atomic E-state index is -3.92. The number of nitrogens with zero attached hydrogens (tertiary/aromatic N) is 1. The molecule has 0 spiro atoms. The number of carbonyl (C=O) groups excluding carboxylic acids is 1. The third kappa shape index (κ3) is 10.2. The van der Waals surface area contributed by atoms with Crippen molar-refractivity contribution in [3.05, 3.63) is 24.3 Å². The molecule has 2 atom stereocenters. The van der Waals surface area contributed by atoms with E-state index in [1.165, 1.54) is 23.5 Å². The average molecular weight is 561 g/mol. The van der Waals surface area contributed by atoms with E-state index in [9.17, 15) is 18.3 Å². The molecular weight excluding hydrogens is 512 g/mol. The molecule has 0 radical (unpaired) electrons. The van der Waals surface area contributed by atoms with Crippen molar-refractivity contribution < 1.29 is 32.2 Å². The zero-order valence-electron chi connectivity index (χ0n) is 24.4. The Labute approximate surface area is 225 Å². The molecule has 37 heavy (non-hydrogen) atoms. The summed E-state index contributed by atoms with van der Waals surface area (Å²) < 4.78 is 46.1. The smallest absolute Gasteiger partial charge is 0.408 e. The molecule has 0 bridgehead atoms. The van der Waals surface area contributed by atoms with E-state index in [-0.39, 0.29) is 28.9 Å². The van der Waals surface area contributed by atoms with Gasteiger partial charge in [0.05, 0.1) is 30.8 Å². The first-order valence-electron chi connectivity index (χ1n) is 12.7. The highest BCUT2D eigenvalue weighted by Gasteiger charge is 2.43. The molecule has 214 valence electrons. The van der Waals surface area contributed by atoms with Crippen molar-refractivity contribution in [2.24, 2.45) is 5.92 Å². The maximum atomic E-state index is 13.8. The number of carbonyl (C=O) groups is 1. The van der Waals surface area contributed by atoms with Crippen LogP contribution >= 0.6 is 0 Å². The van der Waals surface area contributed by atoms with Crippen molar-refractivity contribution in [2.45, 2.75) is 96.2 Å². The van der Waals surface area contributed by atoms with Crippen LogP contribution in [0.25, 0.3) is 0 Å². The fourth-order valence-electron chi connectivity index (χ4n) is 3.29. The van der Waals surface area contributed by atoms with Crippen molar-refractivity contribution in [1.82, 2.24) is 9.62 Å². The van der Waals surface area contributed by atoms with Gasteiger partial charge < -0.3 is 24.3 Å². The van der Waals surface area contributed by atoms with Crippen LogP contribution < -0.4 is 10.1 Å². The van der Waals surface area contributed by atoms with Gasteiger partial charge in [-0.3, -0.25) is 0 Å². The SMILES string of the molecule is COc1ccc(S(=O)(=O)N(CC(C)C)C[C@H](O[Si](C)(C)C(C)(C)C)[C@H](CO)NC(=O)OC(C)(C)C)cc1. The zero-order valence-corrected chi connectivity index (χ0v) is 26.2. The van der Waals surface area contributed by atoms with E-state index in [0.29, 0.717) is 5.75 Å². The van der Waals surface area contributed by atoms with Gasteiger partial charge in [0, 0.05) is 13.1 Å². The number of rotatable bonds is 12. The Morgan fingerprint density at radius 1 is 1.05 bits per heavy atom. The van der Waals surface area contributed by atoms with E-state index in [4.69, 9.17) is 13.9 Å². The maximum absolute atomic E-state index is 13.8. The van der Waals surface area contributed by atoms with E-state index < -0.39 is 48.8 Å². The second kappa shape index (κ2) is 12.9. The molecule has 0 aliphatic carbocycles. The van der Waals surface area contributed by atoms with Crippen LogP contribution in [0.5, 0.6) is 5.75 Å². The normalized spacial score (nSPS) is 15.0. The van der Waals surface area contributed by atoms with Gasteiger partial charge in [0.15, 0.2) is 8.32 Å². The van der Waals surface area contributed by atoms with Gasteiger partial charge in [-0.15, -0.1) is 0 Å². The summed E-state index contributed by atoms with van der Waals surface area (Å²) in [6.07, 6.45) is -1.52. The monoisotopic (exact) mass is 560 g/mol. The molecule has 0 heterocycles. The van der Waals surface area contributed by atoms with E-state index in [2.05, 4.69) is 26.1 Å². The number of sulfonamides is 1. The molecule has 1 aromatic carbocycles. The molecule has 1 aromatic rings. The molecular formula is C26H48N2O7SSi. The Balaban J connectivity index is 3.47. The zero-order chi connectivity index (χ0) is 28.8. The Kier molecular flexibility index (Phi) is 11.7. The van der Waals surface area contributed by atoms with Gasteiger partial charge in [-0.05, 0) is 69.1 Å². The first kappa shape index (κ1) is 33.4. The minimum absolute atomic E-state index is 0.0212. The van der Waals surface area contributed by atoms with E-state index >= 15 is 0 Å². The molecule has 1 rings (SSSR count). The largest absolute Gasteiger partial charge is 0.497 e. The van der Waals surface area contributed by atoms with Crippen LogP contribution in [0.3, 0.4) is 0 Å². The highest BCUT2D eigenvalue weighted by atomic mass is 32.2. The van der Waals surface area contributed by atoms with Crippen molar-refractivity contribution in [3.63, 3.8) is 0 Å². The molecule has 0 aliphatic rings. The van der Waals surface area contributed by atoms with E-state index in [0.717, 1.165) is 0 Å². The van der Waals surface area contributed by atoms with Crippen LogP contribution in [-0.4, -0.2) is 76.8 Å². The Morgan fingerprint density at radius 3 is 2.00 bits per heavy atom. The standard InChI is InChI=1S/C26H48N2O7SSi/c1-19(2)16-28(36(31,32)21-14-12-20(33-9)13-15-21)17-23(35-37(10,11)26(6,7)8)22(18-29)27-24(30)34-25(3,4)5/h12-15,19,22-23,29H,16-18H2,1-11H3,(H,27,30)/t22-,23-/m0/s1. The van der Waals surface area contributed by atoms with Crippen molar-refractivity contribution >= 4 is 24.4 Å². The Hall–Kier alpha value is -1.66. The third-order valence-corrected chi connectivity index (χ3v) is 12.6. The number of hydrogen-bond acceptors (Lipinski definition) is 7. The Morgan fingerprint density at radius 2 is 1.59 bits per heavy atom. The quantitative estimate of drug-likeness (QED) is 0.359.